The molecule has 1 aromatic heterocycles. The summed E-state index contributed by atoms with van der Waals surface area (Å²) in [5.74, 6) is -0.397. The highest BCUT2D eigenvalue weighted by Gasteiger charge is 2.11. The number of carbonyl (C=O) groups is 1. The summed E-state index contributed by atoms with van der Waals surface area (Å²) >= 11 is 0. The normalized spacial score (nSPS) is 10.9. The molecule has 1 heterocycles. The highest BCUT2D eigenvalue weighted by Crippen LogP contribution is 2.15. The number of hydrogen-bond acceptors (Lipinski definition) is 3. The standard InChI is InChI=1S/C15H17NO3/c1-10(2)19-15(18)9-16-13-7-5-4-6-12(13)11(3)8-14(16)17/h4-8,10H,9H2,1-3H3. The summed E-state index contributed by atoms with van der Waals surface area (Å²) < 4.78 is 6.54. The average Bonchev–Trinajstić information content (AvgIpc) is 2.33. The molecule has 4 heteroatoms. The number of benzene rings is 1. The van der Waals surface area contributed by atoms with Crippen LogP contribution >= 0.6 is 0 Å². The lowest BCUT2D eigenvalue weighted by Crippen LogP contribution is -2.26. The predicted molar refractivity (Wildman–Crippen MR) is 74.2 cm³/mol. The fourth-order valence-corrected chi connectivity index (χ4v) is 2.09. The Hall–Kier alpha value is -2.10. The first kappa shape index (κ1) is 13.3. The number of aromatic nitrogens is 1. The summed E-state index contributed by atoms with van der Waals surface area (Å²) in [7, 11) is 0. The maximum absolute atomic E-state index is 12.0. The van der Waals surface area contributed by atoms with E-state index in [2.05, 4.69) is 0 Å². The minimum Gasteiger partial charge on any atom is -0.462 e. The Bertz CT molecular complexity index is 671. The van der Waals surface area contributed by atoms with Crippen molar-refractivity contribution in [3.8, 4) is 0 Å². The molecule has 4 nitrogen and oxygen atoms in total. The number of ether oxygens (including phenoxy) is 1. The molecule has 0 N–H and O–H groups in total. The van der Waals surface area contributed by atoms with Gasteiger partial charge in [0.1, 0.15) is 6.54 Å². The number of aryl methyl sites for hydroxylation is 1. The average molecular weight is 259 g/mol. The van der Waals surface area contributed by atoms with Gasteiger partial charge in [0, 0.05) is 11.5 Å². The zero-order chi connectivity index (χ0) is 14.0. The van der Waals surface area contributed by atoms with Crippen molar-refractivity contribution in [1.29, 1.82) is 0 Å². The molecule has 0 atom stereocenters. The molecule has 0 unspecified atom stereocenters. The smallest absolute Gasteiger partial charge is 0.326 e. The van der Waals surface area contributed by atoms with E-state index >= 15 is 0 Å². The van der Waals surface area contributed by atoms with Crippen LogP contribution in [0.15, 0.2) is 35.1 Å². The molecule has 1 aromatic carbocycles. The molecule has 100 valence electrons. The number of rotatable bonds is 3. The molecule has 19 heavy (non-hydrogen) atoms. The SMILES string of the molecule is Cc1cc(=O)n(CC(=O)OC(C)C)c2ccccc12. The van der Waals surface area contributed by atoms with E-state index < -0.39 is 5.97 Å². The van der Waals surface area contributed by atoms with E-state index in [1.165, 1.54) is 4.57 Å². The van der Waals surface area contributed by atoms with Crippen molar-refractivity contribution in [2.45, 2.75) is 33.4 Å². The topological polar surface area (TPSA) is 48.3 Å². The van der Waals surface area contributed by atoms with Gasteiger partial charge in [-0.25, -0.2) is 0 Å². The van der Waals surface area contributed by atoms with Crippen molar-refractivity contribution in [2.75, 3.05) is 0 Å². The number of fused-ring (bicyclic) bond motifs is 1. The molecule has 0 radical (unpaired) electrons. The van der Waals surface area contributed by atoms with Gasteiger partial charge in [-0.3, -0.25) is 14.2 Å². The van der Waals surface area contributed by atoms with E-state index in [4.69, 9.17) is 4.74 Å². The number of para-hydroxylation sites is 1. The molecule has 2 rings (SSSR count). The van der Waals surface area contributed by atoms with Gasteiger partial charge in [-0.15, -0.1) is 0 Å². The molecule has 0 spiro atoms. The number of pyridine rings is 1. The largest absolute Gasteiger partial charge is 0.462 e. The van der Waals surface area contributed by atoms with E-state index in [1.807, 2.05) is 31.2 Å². The molecule has 2 aromatic rings. The number of esters is 1. The molecule has 0 saturated carbocycles. The third-order valence-electron chi connectivity index (χ3n) is 2.88. The first-order valence-corrected chi connectivity index (χ1v) is 6.27. The second kappa shape index (κ2) is 5.26. The Balaban J connectivity index is 2.48. The van der Waals surface area contributed by atoms with Crippen molar-refractivity contribution in [3.05, 3.63) is 46.2 Å². The van der Waals surface area contributed by atoms with Crippen molar-refractivity contribution < 1.29 is 9.53 Å². The second-order valence-electron chi connectivity index (χ2n) is 4.81. The van der Waals surface area contributed by atoms with Crippen molar-refractivity contribution in [1.82, 2.24) is 4.57 Å². The molecule has 0 aliphatic rings. The van der Waals surface area contributed by atoms with Crippen molar-refractivity contribution in [2.24, 2.45) is 0 Å². The lowest BCUT2D eigenvalue weighted by molar-refractivity contribution is -0.148. The minimum absolute atomic E-state index is 0.0577. The zero-order valence-corrected chi connectivity index (χ0v) is 11.3. The number of carbonyl (C=O) groups excluding carboxylic acids is 1. The molecule has 0 aliphatic heterocycles. The Morgan fingerprint density at radius 2 is 2.00 bits per heavy atom. The lowest BCUT2D eigenvalue weighted by Gasteiger charge is -2.13. The molecular formula is C15H17NO3. The van der Waals surface area contributed by atoms with Gasteiger partial charge in [-0.05, 0) is 32.4 Å². The first-order chi connectivity index (χ1) is 8.99. The van der Waals surface area contributed by atoms with Crippen LogP contribution in [0.1, 0.15) is 19.4 Å². The van der Waals surface area contributed by atoms with E-state index in [-0.39, 0.29) is 18.2 Å². The van der Waals surface area contributed by atoms with Crippen LogP contribution in [0.3, 0.4) is 0 Å². The van der Waals surface area contributed by atoms with Gasteiger partial charge in [0.25, 0.3) is 5.56 Å². The van der Waals surface area contributed by atoms with Gasteiger partial charge < -0.3 is 4.74 Å². The summed E-state index contributed by atoms with van der Waals surface area (Å²) in [5, 5.41) is 0.972. The van der Waals surface area contributed by atoms with E-state index in [1.54, 1.807) is 19.9 Å². The summed E-state index contributed by atoms with van der Waals surface area (Å²) in [6, 6.07) is 9.09. The Kier molecular flexibility index (Phi) is 3.69. The van der Waals surface area contributed by atoms with Crippen LogP contribution < -0.4 is 5.56 Å². The fraction of sp³-hybridized carbons (Fsp3) is 0.333. The van der Waals surface area contributed by atoms with E-state index in [0.29, 0.717) is 0 Å². The number of hydrogen-bond donors (Lipinski definition) is 0. The van der Waals surface area contributed by atoms with Crippen LogP contribution in [-0.2, 0) is 16.1 Å². The van der Waals surface area contributed by atoms with E-state index in [0.717, 1.165) is 16.5 Å². The van der Waals surface area contributed by atoms with Crippen LogP contribution in [-0.4, -0.2) is 16.6 Å². The second-order valence-corrected chi connectivity index (χ2v) is 4.81. The Morgan fingerprint density at radius 1 is 1.32 bits per heavy atom. The molecule has 0 aliphatic carbocycles. The van der Waals surface area contributed by atoms with Gasteiger partial charge in [0.05, 0.1) is 11.6 Å². The van der Waals surface area contributed by atoms with Gasteiger partial charge >= 0.3 is 5.97 Å². The third-order valence-corrected chi connectivity index (χ3v) is 2.88. The van der Waals surface area contributed by atoms with Gasteiger partial charge in [0.15, 0.2) is 0 Å². The number of nitrogens with zero attached hydrogens (tertiary/aromatic N) is 1. The Labute approximate surface area is 111 Å². The third kappa shape index (κ3) is 2.84. The molecular weight excluding hydrogens is 242 g/mol. The zero-order valence-electron chi connectivity index (χ0n) is 11.3. The van der Waals surface area contributed by atoms with Crippen LogP contribution in [0, 0.1) is 6.92 Å². The summed E-state index contributed by atoms with van der Waals surface area (Å²) in [4.78, 5) is 23.8. The molecule has 0 saturated heterocycles. The van der Waals surface area contributed by atoms with Crippen LogP contribution in [0.25, 0.3) is 10.9 Å². The predicted octanol–water partition coefficient (Wildman–Crippen LogP) is 2.26. The maximum Gasteiger partial charge on any atom is 0.326 e. The van der Waals surface area contributed by atoms with Gasteiger partial charge in [-0.1, -0.05) is 18.2 Å². The van der Waals surface area contributed by atoms with E-state index in [9.17, 15) is 9.59 Å². The summed E-state index contributed by atoms with van der Waals surface area (Å²) in [6.45, 7) is 5.40. The Morgan fingerprint density at radius 3 is 2.68 bits per heavy atom. The van der Waals surface area contributed by atoms with Gasteiger partial charge in [-0.2, -0.15) is 0 Å². The fourth-order valence-electron chi connectivity index (χ4n) is 2.09. The molecule has 0 fully saturated rings. The lowest BCUT2D eigenvalue weighted by atomic mass is 10.1. The van der Waals surface area contributed by atoms with Crippen LogP contribution in [0.2, 0.25) is 0 Å². The molecule has 0 amide bonds. The highest BCUT2D eigenvalue weighted by molar-refractivity contribution is 5.83. The minimum atomic E-state index is -0.397. The molecule has 0 bridgehead atoms. The highest BCUT2D eigenvalue weighted by atomic mass is 16.5. The monoisotopic (exact) mass is 259 g/mol. The summed E-state index contributed by atoms with van der Waals surface area (Å²) in [5.41, 5.74) is 1.49. The van der Waals surface area contributed by atoms with Crippen molar-refractivity contribution >= 4 is 16.9 Å². The van der Waals surface area contributed by atoms with Gasteiger partial charge in [0.2, 0.25) is 0 Å². The maximum atomic E-state index is 12.0. The van der Waals surface area contributed by atoms with Crippen molar-refractivity contribution in [3.63, 3.8) is 0 Å². The summed E-state index contributed by atoms with van der Waals surface area (Å²) in [6.07, 6.45) is -0.181. The first-order valence-electron chi connectivity index (χ1n) is 6.27. The quantitative estimate of drug-likeness (QED) is 0.794. The van der Waals surface area contributed by atoms with Crippen LogP contribution in [0.4, 0.5) is 0 Å². The van der Waals surface area contributed by atoms with Crippen LogP contribution in [0.5, 0.6) is 0 Å².